The smallest absolute Gasteiger partial charge is 0.319 e. The van der Waals surface area contributed by atoms with Gasteiger partial charge in [0.1, 0.15) is 24.7 Å². The Kier molecular flexibility index (Phi) is 9.52. The van der Waals surface area contributed by atoms with E-state index in [1.807, 2.05) is 60.9 Å². The molecule has 2 N–H and O–H groups in total. The molecule has 1 aliphatic carbocycles. The molecule has 6 rings (SSSR count). The van der Waals surface area contributed by atoms with Crippen molar-refractivity contribution in [2.45, 2.75) is 70.6 Å². The maximum Gasteiger partial charge on any atom is 0.319 e. The van der Waals surface area contributed by atoms with Crippen molar-refractivity contribution < 1.29 is 14.3 Å². The monoisotopic (exact) mass is 626 g/mol. The minimum Gasteiger partial charge on any atom is -0.489 e. The normalized spacial score (nSPS) is 14.9. The molecule has 7 heteroatoms. The van der Waals surface area contributed by atoms with E-state index in [2.05, 4.69) is 90.8 Å². The second kappa shape index (κ2) is 14.1. The van der Waals surface area contributed by atoms with Gasteiger partial charge in [-0.25, -0.2) is 4.79 Å². The molecule has 3 aromatic carbocycles. The van der Waals surface area contributed by atoms with Gasteiger partial charge < -0.3 is 20.1 Å². The van der Waals surface area contributed by atoms with Crippen molar-refractivity contribution in [1.82, 2.24) is 15.3 Å². The third kappa shape index (κ3) is 7.30. The van der Waals surface area contributed by atoms with E-state index in [-0.39, 0.29) is 29.3 Å². The number of hydrogen-bond donors (Lipinski definition) is 2. The molecule has 1 unspecified atom stereocenters. The van der Waals surface area contributed by atoms with Crippen molar-refractivity contribution in [3.63, 3.8) is 0 Å². The van der Waals surface area contributed by atoms with Gasteiger partial charge in [-0.05, 0) is 76.9 Å². The number of ether oxygens (including phenoxy) is 2. The van der Waals surface area contributed by atoms with Gasteiger partial charge in [-0.2, -0.15) is 0 Å². The Morgan fingerprint density at radius 2 is 1.21 bits per heavy atom. The Bertz CT molecular complexity index is 1660. The average molecular weight is 627 g/mol. The lowest BCUT2D eigenvalue weighted by atomic mass is 9.87. The van der Waals surface area contributed by atoms with E-state index >= 15 is 0 Å². The quantitative estimate of drug-likeness (QED) is 0.145. The van der Waals surface area contributed by atoms with Crippen molar-refractivity contribution >= 4 is 11.7 Å². The molecule has 7 nitrogen and oxygen atoms in total. The summed E-state index contributed by atoms with van der Waals surface area (Å²) in [6.45, 7) is 9.51. The first-order valence-corrected chi connectivity index (χ1v) is 16.3. The zero-order chi connectivity index (χ0) is 32.8. The number of benzene rings is 3. The number of rotatable bonds is 12. The molecular formula is C40H42N4O3. The van der Waals surface area contributed by atoms with Crippen LogP contribution in [0.1, 0.15) is 79.3 Å². The van der Waals surface area contributed by atoms with Gasteiger partial charge in [0.05, 0.1) is 0 Å². The lowest BCUT2D eigenvalue weighted by molar-refractivity contribution is 0.251. The van der Waals surface area contributed by atoms with E-state index in [1.165, 1.54) is 0 Å². The summed E-state index contributed by atoms with van der Waals surface area (Å²) in [4.78, 5) is 22.0. The maximum absolute atomic E-state index is 13.6. The summed E-state index contributed by atoms with van der Waals surface area (Å²) in [6, 6.07) is 30.2. The predicted molar refractivity (Wildman–Crippen MR) is 186 cm³/mol. The first kappa shape index (κ1) is 31.8. The van der Waals surface area contributed by atoms with E-state index in [4.69, 9.17) is 9.47 Å². The molecular weight excluding hydrogens is 584 g/mol. The molecule has 2 aromatic heterocycles. The first-order valence-electron chi connectivity index (χ1n) is 16.3. The van der Waals surface area contributed by atoms with E-state index in [9.17, 15) is 4.79 Å². The highest BCUT2D eigenvalue weighted by Gasteiger charge is 2.57. The second-order valence-electron chi connectivity index (χ2n) is 12.8. The highest BCUT2D eigenvalue weighted by atomic mass is 16.5. The van der Waals surface area contributed by atoms with E-state index in [0.29, 0.717) is 13.2 Å². The summed E-state index contributed by atoms with van der Waals surface area (Å²) in [5.41, 5.74) is 7.05. The molecule has 47 heavy (non-hydrogen) atoms. The molecule has 0 radical (unpaired) electrons. The molecule has 1 atom stereocenters. The second-order valence-corrected chi connectivity index (χ2v) is 12.8. The summed E-state index contributed by atoms with van der Waals surface area (Å²) in [5.74, 6) is 2.12. The van der Waals surface area contributed by atoms with Crippen molar-refractivity contribution in [3.8, 4) is 11.5 Å². The number of nitrogens with one attached hydrogen (secondary N) is 2. The van der Waals surface area contributed by atoms with Gasteiger partial charge in [0.15, 0.2) is 0 Å². The zero-order valence-corrected chi connectivity index (χ0v) is 27.4. The lowest BCUT2D eigenvalue weighted by Crippen LogP contribution is -2.35. The van der Waals surface area contributed by atoms with Crippen molar-refractivity contribution in [3.05, 3.63) is 149 Å². The average Bonchev–Trinajstić information content (AvgIpc) is 3.81. The number of nitrogens with zero attached hydrogens (tertiary/aromatic N) is 2. The number of carbonyl (C=O) groups is 1. The summed E-state index contributed by atoms with van der Waals surface area (Å²) in [7, 11) is 0. The van der Waals surface area contributed by atoms with Crippen LogP contribution in [-0.4, -0.2) is 22.0 Å². The molecule has 2 amide bonds. The number of urea groups is 1. The van der Waals surface area contributed by atoms with Crippen LogP contribution in [0.4, 0.5) is 10.5 Å². The van der Waals surface area contributed by atoms with Gasteiger partial charge in [-0.15, -0.1) is 0 Å². The molecule has 1 aliphatic rings. The molecule has 2 heterocycles. The van der Waals surface area contributed by atoms with Crippen LogP contribution in [0.15, 0.2) is 116 Å². The fourth-order valence-corrected chi connectivity index (χ4v) is 6.24. The topological polar surface area (TPSA) is 85.4 Å². The minimum absolute atomic E-state index is 0.0967. The van der Waals surface area contributed by atoms with Gasteiger partial charge in [0.25, 0.3) is 0 Å². The van der Waals surface area contributed by atoms with Crippen molar-refractivity contribution in [1.29, 1.82) is 0 Å². The summed E-state index contributed by atoms with van der Waals surface area (Å²) >= 11 is 0. The standard InChI is InChI=1S/C40H42N4O3/c1-27(2)35-10-5-11-36(28(3)4)38(35)44-39(45)43-37-22-40(37,31-12-16-33(17-13-31)46-25-29-8-6-20-41-23-29)32-14-18-34(19-15-32)47-26-30-9-7-21-42-24-30/h5-21,23-24,27-28,37H,22,25-26H2,1-4H3,(H2,43,44,45). The number of amides is 2. The van der Waals surface area contributed by atoms with Crippen LogP contribution in [0, 0.1) is 0 Å². The third-order valence-corrected chi connectivity index (χ3v) is 8.87. The number of anilines is 1. The number of carbonyl (C=O) groups excluding carboxylic acids is 1. The van der Waals surface area contributed by atoms with Crippen LogP contribution in [0.3, 0.4) is 0 Å². The molecule has 0 bridgehead atoms. The highest BCUT2D eigenvalue weighted by Crippen LogP contribution is 2.54. The molecule has 1 saturated carbocycles. The van der Waals surface area contributed by atoms with Crippen LogP contribution in [0.5, 0.6) is 11.5 Å². The molecule has 1 fully saturated rings. The highest BCUT2D eigenvalue weighted by molar-refractivity contribution is 5.92. The molecule has 240 valence electrons. The number of aromatic nitrogens is 2. The fraction of sp³-hybridized carbons (Fsp3) is 0.275. The number of pyridine rings is 2. The Balaban J connectivity index is 1.23. The largest absolute Gasteiger partial charge is 0.489 e. The van der Waals surface area contributed by atoms with Crippen LogP contribution in [-0.2, 0) is 18.6 Å². The molecule has 0 aliphatic heterocycles. The Labute approximate surface area is 277 Å². The van der Waals surface area contributed by atoms with E-state index in [0.717, 1.165) is 57.0 Å². The minimum atomic E-state index is -0.389. The third-order valence-electron chi connectivity index (χ3n) is 8.87. The van der Waals surface area contributed by atoms with Gasteiger partial charge in [-0.1, -0.05) is 82.3 Å². The van der Waals surface area contributed by atoms with E-state index in [1.54, 1.807) is 12.4 Å². The van der Waals surface area contributed by atoms with Gasteiger partial charge in [-0.3, -0.25) is 9.97 Å². The van der Waals surface area contributed by atoms with Crippen molar-refractivity contribution in [2.75, 3.05) is 5.32 Å². The molecule has 0 spiro atoms. The maximum atomic E-state index is 13.6. The Morgan fingerprint density at radius 1 is 0.723 bits per heavy atom. The zero-order valence-electron chi connectivity index (χ0n) is 27.4. The lowest BCUT2D eigenvalue weighted by Gasteiger charge is -2.22. The van der Waals surface area contributed by atoms with Crippen LogP contribution in [0.25, 0.3) is 0 Å². The first-order chi connectivity index (χ1) is 22.8. The van der Waals surface area contributed by atoms with Crippen LogP contribution < -0.4 is 20.1 Å². The summed E-state index contributed by atoms with van der Waals surface area (Å²) < 4.78 is 12.1. The Hall–Kier alpha value is -5.17. The van der Waals surface area contributed by atoms with Crippen LogP contribution in [0.2, 0.25) is 0 Å². The van der Waals surface area contributed by atoms with Crippen molar-refractivity contribution in [2.24, 2.45) is 0 Å². The SMILES string of the molecule is CC(C)c1cccc(C(C)C)c1NC(=O)NC1CC1(c1ccc(OCc2cccnc2)cc1)c1ccc(OCc2cccnc2)cc1. The predicted octanol–water partition coefficient (Wildman–Crippen LogP) is 8.76. The van der Waals surface area contributed by atoms with E-state index < -0.39 is 0 Å². The van der Waals surface area contributed by atoms with Gasteiger partial charge in [0.2, 0.25) is 0 Å². The number of hydrogen-bond acceptors (Lipinski definition) is 5. The summed E-state index contributed by atoms with van der Waals surface area (Å²) in [5, 5.41) is 6.56. The fourth-order valence-electron chi connectivity index (χ4n) is 6.24. The molecule has 5 aromatic rings. The van der Waals surface area contributed by atoms with Gasteiger partial charge >= 0.3 is 6.03 Å². The Morgan fingerprint density at radius 3 is 1.64 bits per heavy atom. The summed E-state index contributed by atoms with van der Waals surface area (Å²) in [6.07, 6.45) is 7.90. The number of para-hydroxylation sites is 1. The van der Waals surface area contributed by atoms with Gasteiger partial charge in [0, 0.05) is 53.1 Å². The molecule has 0 saturated heterocycles. The van der Waals surface area contributed by atoms with Crippen LogP contribution >= 0.6 is 0 Å².